The highest BCUT2D eigenvalue weighted by Crippen LogP contribution is 2.18. The molecule has 0 spiro atoms. The number of likely N-dealkylation sites (tertiary alicyclic amines) is 1. The third-order valence-electron chi connectivity index (χ3n) is 4.87. The molecule has 0 unspecified atom stereocenters. The minimum absolute atomic E-state index is 0.0909. The summed E-state index contributed by atoms with van der Waals surface area (Å²) in [5.41, 5.74) is 0.143. The molecule has 1 aromatic heterocycles. The summed E-state index contributed by atoms with van der Waals surface area (Å²) >= 11 is 0. The predicted octanol–water partition coefficient (Wildman–Crippen LogP) is 3.81. The Morgan fingerprint density at radius 2 is 1.88 bits per heavy atom. The molecule has 3 rings (SSSR count). The highest BCUT2D eigenvalue weighted by molar-refractivity contribution is 5.96. The van der Waals surface area contributed by atoms with Crippen molar-refractivity contribution >= 4 is 16.7 Å². The summed E-state index contributed by atoms with van der Waals surface area (Å²) < 4.78 is 15.1. The number of hydrogen-bond donors (Lipinski definition) is 0. The first kappa shape index (κ1) is 17.6. The van der Waals surface area contributed by atoms with Crippen molar-refractivity contribution in [3.8, 4) is 0 Å². The highest BCUT2D eigenvalue weighted by Gasteiger charge is 2.23. The zero-order chi connectivity index (χ0) is 18.0. The second kappa shape index (κ2) is 7.38. The topological polar surface area (TPSA) is 42.3 Å². The van der Waals surface area contributed by atoms with Crippen LogP contribution in [-0.4, -0.2) is 28.5 Å². The average molecular weight is 344 g/mol. The summed E-state index contributed by atoms with van der Waals surface area (Å²) in [6.45, 7) is 6.10. The van der Waals surface area contributed by atoms with E-state index in [1.54, 1.807) is 16.7 Å². The van der Waals surface area contributed by atoms with Gasteiger partial charge in [0, 0.05) is 19.6 Å². The number of carbonyl (C=O) groups is 1. The summed E-state index contributed by atoms with van der Waals surface area (Å²) in [5, 5.41) is 0.950. The van der Waals surface area contributed by atoms with Crippen LogP contribution in [0.3, 0.4) is 0 Å². The molecular formula is C20H25FN2O2. The minimum atomic E-state index is -0.435. The molecule has 5 heteroatoms. The maximum Gasteiger partial charge on any atom is 0.270 e. The Balaban J connectivity index is 2.10. The second-order valence-corrected chi connectivity index (χ2v) is 7.25. The lowest BCUT2D eigenvalue weighted by atomic mass is 10.1. The molecule has 0 N–H and O–H groups in total. The van der Waals surface area contributed by atoms with Gasteiger partial charge in [0.25, 0.3) is 11.5 Å². The van der Waals surface area contributed by atoms with E-state index in [9.17, 15) is 14.0 Å². The number of halogens is 1. The molecule has 0 saturated carbocycles. The number of hydrogen-bond acceptors (Lipinski definition) is 2. The number of rotatable bonds is 4. The fraction of sp³-hybridized carbons (Fsp3) is 0.500. The van der Waals surface area contributed by atoms with Crippen molar-refractivity contribution in [3.05, 3.63) is 46.1 Å². The molecule has 0 bridgehead atoms. The molecule has 4 nitrogen and oxygen atoms in total. The third kappa shape index (κ3) is 3.75. The quantitative estimate of drug-likeness (QED) is 0.846. The van der Waals surface area contributed by atoms with E-state index in [2.05, 4.69) is 13.8 Å². The molecule has 1 aromatic carbocycles. The van der Waals surface area contributed by atoms with Gasteiger partial charge in [-0.1, -0.05) is 19.9 Å². The third-order valence-corrected chi connectivity index (χ3v) is 4.87. The molecular weight excluding hydrogens is 319 g/mol. The summed E-state index contributed by atoms with van der Waals surface area (Å²) in [4.78, 5) is 27.8. The maximum atomic E-state index is 13.6. The van der Waals surface area contributed by atoms with Gasteiger partial charge >= 0.3 is 0 Å². The van der Waals surface area contributed by atoms with Crippen molar-refractivity contribution in [2.24, 2.45) is 5.92 Å². The minimum Gasteiger partial charge on any atom is -0.337 e. The first-order chi connectivity index (χ1) is 12.0. The smallest absolute Gasteiger partial charge is 0.270 e. The number of pyridine rings is 1. The van der Waals surface area contributed by atoms with Gasteiger partial charge in [-0.15, -0.1) is 0 Å². The number of piperidine rings is 1. The zero-order valence-electron chi connectivity index (χ0n) is 14.9. The van der Waals surface area contributed by atoms with Crippen LogP contribution in [0, 0.1) is 11.7 Å². The van der Waals surface area contributed by atoms with Crippen molar-refractivity contribution in [3.63, 3.8) is 0 Å². The largest absolute Gasteiger partial charge is 0.337 e. The Bertz CT molecular complexity index is 835. The Hall–Kier alpha value is -2.17. The van der Waals surface area contributed by atoms with Gasteiger partial charge in [-0.05, 0) is 55.2 Å². The average Bonchev–Trinajstić information content (AvgIpc) is 2.61. The maximum absolute atomic E-state index is 13.6. The van der Waals surface area contributed by atoms with Crippen molar-refractivity contribution in [2.45, 2.75) is 46.1 Å². The van der Waals surface area contributed by atoms with Crippen LogP contribution in [0.25, 0.3) is 10.8 Å². The molecule has 2 aromatic rings. The Morgan fingerprint density at radius 3 is 2.56 bits per heavy atom. The number of carbonyl (C=O) groups excluding carboxylic acids is 1. The first-order valence-corrected chi connectivity index (χ1v) is 9.10. The van der Waals surface area contributed by atoms with Crippen LogP contribution in [0.1, 0.15) is 50.0 Å². The molecule has 1 saturated heterocycles. The SMILES string of the molecule is CC(C)CCn1c(C(=O)N2CCCCC2)cc2ccc(F)cc2c1=O. The molecule has 0 aliphatic carbocycles. The van der Waals surface area contributed by atoms with Crippen LogP contribution in [0.2, 0.25) is 0 Å². The van der Waals surface area contributed by atoms with Crippen LogP contribution in [0.4, 0.5) is 4.39 Å². The number of nitrogens with zero attached hydrogens (tertiary/aromatic N) is 2. The summed E-state index contributed by atoms with van der Waals surface area (Å²) in [6, 6.07) is 5.91. The van der Waals surface area contributed by atoms with Crippen molar-refractivity contribution < 1.29 is 9.18 Å². The van der Waals surface area contributed by atoms with Gasteiger partial charge < -0.3 is 9.47 Å². The van der Waals surface area contributed by atoms with E-state index in [1.165, 1.54) is 12.1 Å². The predicted molar refractivity (Wildman–Crippen MR) is 97.4 cm³/mol. The normalized spacial score (nSPS) is 15.1. The summed E-state index contributed by atoms with van der Waals surface area (Å²) in [7, 11) is 0. The molecule has 1 aliphatic rings. The molecule has 1 amide bonds. The van der Waals surface area contributed by atoms with E-state index in [-0.39, 0.29) is 11.5 Å². The van der Waals surface area contributed by atoms with Gasteiger partial charge in [0.2, 0.25) is 0 Å². The van der Waals surface area contributed by atoms with Crippen LogP contribution in [0.15, 0.2) is 29.1 Å². The molecule has 1 aliphatic heterocycles. The lowest BCUT2D eigenvalue weighted by molar-refractivity contribution is 0.0711. The Morgan fingerprint density at radius 1 is 1.16 bits per heavy atom. The molecule has 0 atom stereocenters. The fourth-order valence-corrected chi connectivity index (χ4v) is 3.37. The number of aromatic nitrogens is 1. The van der Waals surface area contributed by atoms with Gasteiger partial charge in [-0.3, -0.25) is 9.59 Å². The van der Waals surface area contributed by atoms with E-state index in [0.717, 1.165) is 38.8 Å². The van der Waals surface area contributed by atoms with Crippen LogP contribution in [-0.2, 0) is 6.54 Å². The van der Waals surface area contributed by atoms with E-state index in [1.807, 2.05) is 4.90 Å². The standard InChI is InChI=1S/C20H25FN2O2/c1-14(2)8-11-23-18(20(25)22-9-4-3-5-10-22)12-15-6-7-16(21)13-17(15)19(23)24/h6-7,12-14H,3-5,8-11H2,1-2H3. The van der Waals surface area contributed by atoms with Crippen molar-refractivity contribution in [1.29, 1.82) is 0 Å². The molecule has 134 valence electrons. The van der Waals surface area contributed by atoms with Crippen LogP contribution >= 0.6 is 0 Å². The fourth-order valence-electron chi connectivity index (χ4n) is 3.37. The molecule has 25 heavy (non-hydrogen) atoms. The van der Waals surface area contributed by atoms with E-state index in [0.29, 0.717) is 28.9 Å². The van der Waals surface area contributed by atoms with Gasteiger partial charge in [0.05, 0.1) is 5.39 Å². The molecule has 2 heterocycles. The van der Waals surface area contributed by atoms with Gasteiger partial charge in [-0.2, -0.15) is 0 Å². The van der Waals surface area contributed by atoms with Gasteiger partial charge in [0.1, 0.15) is 11.5 Å². The number of benzene rings is 1. The van der Waals surface area contributed by atoms with E-state index in [4.69, 9.17) is 0 Å². The Kier molecular flexibility index (Phi) is 5.21. The van der Waals surface area contributed by atoms with Crippen LogP contribution in [0.5, 0.6) is 0 Å². The Labute approximate surface area is 147 Å². The lowest BCUT2D eigenvalue weighted by Crippen LogP contribution is -2.39. The molecule has 0 radical (unpaired) electrons. The summed E-state index contributed by atoms with van der Waals surface area (Å²) in [6.07, 6.45) is 3.93. The van der Waals surface area contributed by atoms with Gasteiger partial charge in [0.15, 0.2) is 0 Å². The van der Waals surface area contributed by atoms with E-state index < -0.39 is 5.82 Å². The monoisotopic (exact) mass is 344 g/mol. The second-order valence-electron chi connectivity index (χ2n) is 7.25. The number of fused-ring (bicyclic) bond motifs is 1. The molecule has 1 fully saturated rings. The van der Waals surface area contributed by atoms with Crippen molar-refractivity contribution in [2.75, 3.05) is 13.1 Å². The zero-order valence-corrected chi connectivity index (χ0v) is 14.9. The van der Waals surface area contributed by atoms with Crippen molar-refractivity contribution in [1.82, 2.24) is 9.47 Å². The van der Waals surface area contributed by atoms with E-state index >= 15 is 0 Å². The summed E-state index contributed by atoms with van der Waals surface area (Å²) in [5.74, 6) is -0.116. The number of amides is 1. The highest BCUT2D eigenvalue weighted by atomic mass is 19.1. The first-order valence-electron chi connectivity index (χ1n) is 9.10. The van der Waals surface area contributed by atoms with Gasteiger partial charge in [-0.25, -0.2) is 4.39 Å². The lowest BCUT2D eigenvalue weighted by Gasteiger charge is -2.28. The van der Waals surface area contributed by atoms with Crippen LogP contribution < -0.4 is 5.56 Å².